The average molecular weight is 420 g/mol. The van der Waals surface area contributed by atoms with Crippen LogP contribution in [0.15, 0.2) is 54.9 Å². The minimum absolute atomic E-state index is 0.372. The molecule has 0 unspecified atom stereocenters. The van der Waals surface area contributed by atoms with Crippen LogP contribution >= 0.6 is 15.9 Å². The van der Waals surface area contributed by atoms with Gasteiger partial charge in [0.05, 0.1) is 24.6 Å². The number of hydrogen-bond donors (Lipinski definition) is 0. The number of ether oxygens (including phenoxy) is 2. The van der Waals surface area contributed by atoms with E-state index < -0.39 is 11.4 Å². The van der Waals surface area contributed by atoms with Gasteiger partial charge in [0.1, 0.15) is 11.5 Å². The Labute approximate surface area is 158 Å². The fourth-order valence-corrected chi connectivity index (χ4v) is 3.52. The van der Waals surface area contributed by atoms with E-state index in [1.807, 2.05) is 37.3 Å². The smallest absolute Gasteiger partial charge is 0.422 e. The van der Waals surface area contributed by atoms with Gasteiger partial charge in [-0.1, -0.05) is 0 Å². The third-order valence-corrected chi connectivity index (χ3v) is 4.56. The van der Waals surface area contributed by atoms with Crippen LogP contribution in [0, 0.1) is 6.92 Å². The van der Waals surface area contributed by atoms with Crippen molar-refractivity contribution >= 4 is 26.8 Å². The minimum Gasteiger partial charge on any atom is -0.497 e. The fourth-order valence-electron chi connectivity index (χ4n) is 2.73. The molecule has 136 valence electrons. The molecule has 26 heavy (non-hydrogen) atoms. The number of rotatable bonds is 6. The summed E-state index contributed by atoms with van der Waals surface area (Å²) in [6.07, 6.45) is 0.578. The van der Waals surface area contributed by atoms with Crippen molar-refractivity contribution in [1.29, 1.82) is 0 Å². The van der Waals surface area contributed by atoms with E-state index in [4.69, 9.17) is 13.9 Å². The lowest BCUT2D eigenvalue weighted by Gasteiger charge is -2.11. The van der Waals surface area contributed by atoms with E-state index in [1.54, 1.807) is 13.2 Å². The second-order valence-electron chi connectivity index (χ2n) is 5.83. The first-order valence-corrected chi connectivity index (χ1v) is 8.89. The lowest BCUT2D eigenvalue weighted by molar-refractivity contribution is 0.296. The molecular formula is C19H18BrNO5. The summed E-state index contributed by atoms with van der Waals surface area (Å²) < 4.78 is 17.8. The fraction of sp³-hybridized carbons (Fsp3) is 0.263. The largest absolute Gasteiger partial charge is 0.497 e. The molecule has 0 amide bonds. The average Bonchev–Trinajstić information content (AvgIpc) is 2.61. The second kappa shape index (κ2) is 7.78. The molecule has 0 saturated heterocycles. The van der Waals surface area contributed by atoms with Gasteiger partial charge in [0.25, 0.3) is 0 Å². The Bertz CT molecular complexity index is 1040. The lowest BCUT2D eigenvalue weighted by Crippen LogP contribution is -2.26. The van der Waals surface area contributed by atoms with E-state index in [0.717, 1.165) is 17.1 Å². The van der Waals surface area contributed by atoms with Gasteiger partial charge in [-0.05, 0) is 71.2 Å². The number of benzene rings is 2. The van der Waals surface area contributed by atoms with Crippen LogP contribution in [0.2, 0.25) is 0 Å². The van der Waals surface area contributed by atoms with Crippen LogP contribution in [-0.4, -0.2) is 18.3 Å². The molecule has 0 N–H and O–H groups in total. The molecule has 3 rings (SSSR count). The van der Waals surface area contributed by atoms with Crippen LogP contribution in [0.5, 0.6) is 11.5 Å². The van der Waals surface area contributed by atoms with E-state index in [0.29, 0.717) is 34.9 Å². The van der Waals surface area contributed by atoms with Crippen LogP contribution in [0.4, 0.5) is 0 Å². The summed E-state index contributed by atoms with van der Waals surface area (Å²) in [7, 11) is 1.61. The molecule has 0 aliphatic heterocycles. The van der Waals surface area contributed by atoms with E-state index in [2.05, 4.69) is 15.9 Å². The maximum atomic E-state index is 12.1. The summed E-state index contributed by atoms with van der Waals surface area (Å²) in [5.41, 5.74) is 0.825. The number of fused-ring (bicyclic) bond motifs is 1. The number of hydrogen-bond acceptors (Lipinski definition) is 5. The number of aryl methyl sites for hydroxylation is 2. The minimum atomic E-state index is -0.670. The highest BCUT2D eigenvalue weighted by Crippen LogP contribution is 2.23. The van der Waals surface area contributed by atoms with Gasteiger partial charge in [-0.2, -0.15) is 0 Å². The van der Waals surface area contributed by atoms with Crippen molar-refractivity contribution < 1.29 is 13.9 Å². The van der Waals surface area contributed by atoms with Crippen LogP contribution in [-0.2, 0) is 6.54 Å². The van der Waals surface area contributed by atoms with Gasteiger partial charge < -0.3 is 13.9 Å². The number of aromatic nitrogens is 1. The van der Waals surface area contributed by atoms with Gasteiger partial charge in [0.15, 0.2) is 0 Å². The van der Waals surface area contributed by atoms with Crippen molar-refractivity contribution in [3.63, 3.8) is 0 Å². The topological polar surface area (TPSA) is 70.7 Å². The predicted molar refractivity (Wildman–Crippen MR) is 102 cm³/mol. The predicted octanol–water partition coefficient (Wildman–Crippen LogP) is 3.50. The van der Waals surface area contributed by atoms with E-state index in [-0.39, 0.29) is 0 Å². The highest BCUT2D eigenvalue weighted by Gasteiger charge is 2.13. The maximum absolute atomic E-state index is 12.1. The zero-order valence-electron chi connectivity index (χ0n) is 14.5. The number of halogens is 1. The molecule has 7 heteroatoms. The summed E-state index contributed by atoms with van der Waals surface area (Å²) in [5.74, 6) is 0.811. The molecule has 0 atom stereocenters. The zero-order chi connectivity index (χ0) is 18.7. The molecular weight excluding hydrogens is 402 g/mol. The first-order chi connectivity index (χ1) is 12.5. The molecule has 0 spiro atoms. The summed E-state index contributed by atoms with van der Waals surface area (Å²) >= 11 is 3.44. The summed E-state index contributed by atoms with van der Waals surface area (Å²) in [5, 5.41) is 0.382. The highest BCUT2D eigenvalue weighted by molar-refractivity contribution is 9.10. The molecule has 0 bridgehead atoms. The van der Waals surface area contributed by atoms with Crippen LogP contribution in [0.3, 0.4) is 0 Å². The Morgan fingerprint density at radius 2 is 1.81 bits per heavy atom. The van der Waals surface area contributed by atoms with Crippen molar-refractivity contribution in [3.05, 3.63) is 67.4 Å². The van der Waals surface area contributed by atoms with E-state index in [9.17, 15) is 9.59 Å². The van der Waals surface area contributed by atoms with Crippen LogP contribution in [0.25, 0.3) is 10.9 Å². The number of methoxy groups -OCH3 is 1. The van der Waals surface area contributed by atoms with Crippen molar-refractivity contribution in [1.82, 2.24) is 4.57 Å². The molecule has 6 nitrogen and oxygen atoms in total. The molecule has 1 heterocycles. The number of nitrogens with zero attached hydrogens (tertiary/aromatic N) is 1. The van der Waals surface area contributed by atoms with Crippen LogP contribution in [0.1, 0.15) is 12.0 Å². The van der Waals surface area contributed by atoms with Gasteiger partial charge in [-0.25, -0.2) is 9.59 Å². The molecule has 0 aliphatic carbocycles. The molecule has 0 saturated carbocycles. The third kappa shape index (κ3) is 3.83. The highest BCUT2D eigenvalue weighted by atomic mass is 79.9. The van der Waals surface area contributed by atoms with Crippen molar-refractivity contribution in [2.45, 2.75) is 19.9 Å². The Balaban J connectivity index is 1.76. The van der Waals surface area contributed by atoms with Gasteiger partial charge in [-0.3, -0.25) is 4.57 Å². The SMILES string of the molecule is COc1ccc(OCCCn2c(=O)oc(=O)c3cc(C)cc(Br)c32)cc1. The second-order valence-corrected chi connectivity index (χ2v) is 6.68. The van der Waals surface area contributed by atoms with Crippen molar-refractivity contribution in [2.24, 2.45) is 0 Å². The van der Waals surface area contributed by atoms with Crippen molar-refractivity contribution in [2.75, 3.05) is 13.7 Å². The van der Waals surface area contributed by atoms with E-state index >= 15 is 0 Å². The first kappa shape index (κ1) is 18.3. The Hall–Kier alpha value is -2.54. The third-order valence-electron chi connectivity index (χ3n) is 3.95. The Kier molecular flexibility index (Phi) is 5.46. The van der Waals surface area contributed by atoms with Gasteiger partial charge >= 0.3 is 11.4 Å². The molecule has 0 fully saturated rings. The van der Waals surface area contributed by atoms with Crippen LogP contribution < -0.4 is 20.9 Å². The summed E-state index contributed by atoms with van der Waals surface area (Å²) in [6.45, 7) is 2.67. The first-order valence-electron chi connectivity index (χ1n) is 8.10. The molecule has 0 radical (unpaired) electrons. The monoisotopic (exact) mass is 419 g/mol. The molecule has 0 aliphatic rings. The van der Waals surface area contributed by atoms with Gasteiger partial charge in [-0.15, -0.1) is 0 Å². The normalized spacial score (nSPS) is 10.9. The van der Waals surface area contributed by atoms with Gasteiger partial charge in [0, 0.05) is 11.0 Å². The van der Waals surface area contributed by atoms with Gasteiger partial charge in [0.2, 0.25) is 0 Å². The lowest BCUT2D eigenvalue weighted by atomic mass is 10.2. The van der Waals surface area contributed by atoms with Crippen molar-refractivity contribution in [3.8, 4) is 11.5 Å². The zero-order valence-corrected chi connectivity index (χ0v) is 16.0. The maximum Gasteiger partial charge on any atom is 0.422 e. The Morgan fingerprint density at radius 3 is 2.50 bits per heavy atom. The van der Waals surface area contributed by atoms with E-state index in [1.165, 1.54) is 4.57 Å². The quantitative estimate of drug-likeness (QED) is 0.571. The molecule has 2 aromatic carbocycles. The Morgan fingerprint density at radius 1 is 1.12 bits per heavy atom. The standard InChI is InChI=1S/C19H18BrNO5/c1-12-10-15-17(16(20)11-12)21(19(23)26-18(15)22)8-3-9-25-14-6-4-13(24-2)5-7-14/h4-7,10-11H,3,8-9H2,1-2H3. The molecule has 3 aromatic rings. The summed E-state index contributed by atoms with van der Waals surface area (Å²) in [4.78, 5) is 24.1. The molecule has 1 aromatic heterocycles. The summed E-state index contributed by atoms with van der Waals surface area (Å²) in [6, 6.07) is 10.9.